The molecular weight excluding hydrogens is 256 g/mol. The molecule has 0 bridgehead atoms. The minimum atomic E-state index is 0.929. The largest absolute Gasteiger partial charge is 0.370 e. The molecular formula is C14H26N4S. The van der Waals surface area contributed by atoms with Crippen LogP contribution < -0.4 is 10.6 Å². The maximum absolute atomic E-state index is 4.63. The van der Waals surface area contributed by atoms with Crippen molar-refractivity contribution >= 4 is 23.4 Å². The van der Waals surface area contributed by atoms with Crippen molar-refractivity contribution in [3.63, 3.8) is 0 Å². The molecule has 0 spiro atoms. The molecule has 0 aliphatic heterocycles. The summed E-state index contributed by atoms with van der Waals surface area (Å²) in [6.45, 7) is 8.29. The maximum atomic E-state index is 4.63. The molecule has 0 atom stereocenters. The Morgan fingerprint density at radius 3 is 2.16 bits per heavy atom. The predicted molar refractivity (Wildman–Crippen MR) is 86.4 cm³/mol. The third kappa shape index (κ3) is 5.27. The number of thioether (sulfide) groups is 1. The van der Waals surface area contributed by atoms with Gasteiger partial charge in [-0.3, -0.25) is 0 Å². The number of hydrogen-bond acceptors (Lipinski definition) is 5. The Kier molecular flexibility index (Phi) is 7.63. The van der Waals surface area contributed by atoms with E-state index >= 15 is 0 Å². The van der Waals surface area contributed by atoms with Gasteiger partial charge in [-0.2, -0.15) is 11.8 Å². The van der Waals surface area contributed by atoms with Gasteiger partial charge >= 0.3 is 0 Å². The summed E-state index contributed by atoms with van der Waals surface area (Å²) in [5.74, 6) is 3.97. The second-order valence-electron chi connectivity index (χ2n) is 4.56. The Labute approximate surface area is 121 Å². The summed E-state index contributed by atoms with van der Waals surface area (Å²) in [5, 5.41) is 6.81. The molecule has 0 aliphatic carbocycles. The molecule has 0 fully saturated rings. The molecule has 0 aliphatic rings. The van der Waals surface area contributed by atoms with Crippen LogP contribution in [0.5, 0.6) is 0 Å². The molecule has 0 radical (unpaired) electrons. The molecule has 1 aromatic rings. The highest BCUT2D eigenvalue weighted by Crippen LogP contribution is 2.20. The van der Waals surface area contributed by atoms with Crippen molar-refractivity contribution in [1.82, 2.24) is 9.97 Å². The van der Waals surface area contributed by atoms with E-state index in [-0.39, 0.29) is 0 Å². The van der Waals surface area contributed by atoms with E-state index in [1.54, 1.807) is 0 Å². The zero-order valence-corrected chi connectivity index (χ0v) is 13.4. The summed E-state index contributed by atoms with van der Waals surface area (Å²) in [6.07, 6.45) is 5.21. The van der Waals surface area contributed by atoms with Gasteiger partial charge in [0, 0.05) is 30.8 Å². The second kappa shape index (κ2) is 9.02. The number of hydrogen-bond donors (Lipinski definition) is 2. The standard InChI is InChI=1S/C14H26N4S/c1-5-7-12-17-13(15-8-6-2)11(3)14(18-12)16-9-10-19-4/h5-10H2,1-4H3,(H2,15,16,17,18). The Morgan fingerprint density at radius 2 is 1.63 bits per heavy atom. The van der Waals surface area contributed by atoms with E-state index in [9.17, 15) is 0 Å². The first-order valence-electron chi connectivity index (χ1n) is 7.07. The Hall–Kier alpha value is -0.970. The third-order valence-corrected chi connectivity index (χ3v) is 3.42. The van der Waals surface area contributed by atoms with Gasteiger partial charge < -0.3 is 10.6 Å². The lowest BCUT2D eigenvalue weighted by Gasteiger charge is -2.14. The van der Waals surface area contributed by atoms with Crippen LogP contribution in [0.25, 0.3) is 0 Å². The van der Waals surface area contributed by atoms with Gasteiger partial charge in [-0.1, -0.05) is 13.8 Å². The van der Waals surface area contributed by atoms with Gasteiger partial charge in [0.1, 0.15) is 17.5 Å². The van der Waals surface area contributed by atoms with Crippen LogP contribution >= 0.6 is 11.8 Å². The summed E-state index contributed by atoms with van der Waals surface area (Å²) in [7, 11) is 0. The average Bonchev–Trinajstić information content (AvgIpc) is 2.41. The van der Waals surface area contributed by atoms with E-state index in [1.807, 2.05) is 11.8 Å². The Balaban J connectivity index is 2.88. The van der Waals surface area contributed by atoms with Gasteiger partial charge in [0.15, 0.2) is 0 Å². The maximum Gasteiger partial charge on any atom is 0.134 e. The van der Waals surface area contributed by atoms with Crippen molar-refractivity contribution in [2.75, 3.05) is 35.7 Å². The molecule has 2 N–H and O–H groups in total. The highest BCUT2D eigenvalue weighted by molar-refractivity contribution is 7.98. The van der Waals surface area contributed by atoms with Crippen LogP contribution in [0.1, 0.15) is 38.1 Å². The van der Waals surface area contributed by atoms with Gasteiger partial charge in [0.25, 0.3) is 0 Å². The summed E-state index contributed by atoms with van der Waals surface area (Å²) >= 11 is 1.84. The van der Waals surface area contributed by atoms with Crippen LogP contribution in [0.2, 0.25) is 0 Å². The van der Waals surface area contributed by atoms with Crippen LogP contribution in [0.15, 0.2) is 0 Å². The SMILES string of the molecule is CCCNc1nc(CCC)nc(NCCSC)c1C. The quantitative estimate of drug-likeness (QED) is 0.680. The molecule has 0 unspecified atom stereocenters. The monoisotopic (exact) mass is 282 g/mol. The topological polar surface area (TPSA) is 49.8 Å². The predicted octanol–water partition coefficient (Wildman–Crippen LogP) is 3.33. The first-order chi connectivity index (χ1) is 9.22. The number of nitrogens with one attached hydrogen (secondary N) is 2. The van der Waals surface area contributed by atoms with E-state index < -0.39 is 0 Å². The van der Waals surface area contributed by atoms with Gasteiger partial charge in [0.2, 0.25) is 0 Å². The molecule has 0 amide bonds. The molecule has 0 aromatic carbocycles. The van der Waals surface area contributed by atoms with Crippen LogP contribution in [-0.2, 0) is 6.42 Å². The number of rotatable bonds is 9. The Bertz CT molecular complexity index is 382. The van der Waals surface area contributed by atoms with Crippen LogP contribution in [0.4, 0.5) is 11.6 Å². The molecule has 5 heteroatoms. The third-order valence-electron chi connectivity index (χ3n) is 2.81. The Morgan fingerprint density at radius 1 is 1.00 bits per heavy atom. The fourth-order valence-electron chi connectivity index (χ4n) is 1.76. The molecule has 19 heavy (non-hydrogen) atoms. The molecule has 4 nitrogen and oxygen atoms in total. The van der Waals surface area contributed by atoms with E-state index in [4.69, 9.17) is 0 Å². The van der Waals surface area contributed by atoms with Crippen molar-refractivity contribution < 1.29 is 0 Å². The first kappa shape index (κ1) is 16.1. The number of anilines is 2. The smallest absolute Gasteiger partial charge is 0.134 e. The fourth-order valence-corrected chi connectivity index (χ4v) is 2.06. The molecule has 1 aromatic heterocycles. The van der Waals surface area contributed by atoms with Crippen LogP contribution in [0.3, 0.4) is 0 Å². The van der Waals surface area contributed by atoms with Gasteiger partial charge in [0.05, 0.1) is 0 Å². The van der Waals surface area contributed by atoms with E-state index in [2.05, 4.69) is 47.6 Å². The number of aryl methyl sites for hydroxylation is 1. The lowest BCUT2D eigenvalue weighted by Crippen LogP contribution is -2.13. The summed E-state index contributed by atoms with van der Waals surface area (Å²) < 4.78 is 0. The van der Waals surface area contributed by atoms with Crippen molar-refractivity contribution in [3.05, 3.63) is 11.4 Å². The van der Waals surface area contributed by atoms with Gasteiger partial charge in [-0.15, -0.1) is 0 Å². The molecule has 0 saturated carbocycles. The normalized spacial score (nSPS) is 10.5. The van der Waals surface area contributed by atoms with Crippen LogP contribution in [0, 0.1) is 6.92 Å². The van der Waals surface area contributed by atoms with E-state index in [0.29, 0.717) is 0 Å². The lowest BCUT2D eigenvalue weighted by atomic mass is 10.2. The molecule has 108 valence electrons. The molecule has 0 saturated heterocycles. The van der Waals surface area contributed by atoms with Crippen molar-refractivity contribution in [2.45, 2.75) is 40.0 Å². The zero-order chi connectivity index (χ0) is 14.1. The highest BCUT2D eigenvalue weighted by atomic mass is 32.2. The van der Waals surface area contributed by atoms with E-state index in [1.165, 1.54) is 0 Å². The number of aromatic nitrogens is 2. The summed E-state index contributed by atoms with van der Waals surface area (Å²) in [6, 6.07) is 0. The summed E-state index contributed by atoms with van der Waals surface area (Å²) in [5.41, 5.74) is 1.12. The zero-order valence-electron chi connectivity index (χ0n) is 12.5. The summed E-state index contributed by atoms with van der Waals surface area (Å²) in [4.78, 5) is 9.25. The minimum Gasteiger partial charge on any atom is -0.370 e. The lowest BCUT2D eigenvalue weighted by molar-refractivity contribution is 0.828. The van der Waals surface area contributed by atoms with Gasteiger partial charge in [-0.25, -0.2) is 9.97 Å². The molecule has 1 rings (SSSR count). The van der Waals surface area contributed by atoms with Crippen molar-refractivity contribution in [2.24, 2.45) is 0 Å². The fraction of sp³-hybridized carbons (Fsp3) is 0.714. The van der Waals surface area contributed by atoms with Crippen molar-refractivity contribution in [3.8, 4) is 0 Å². The van der Waals surface area contributed by atoms with Crippen molar-refractivity contribution in [1.29, 1.82) is 0 Å². The number of nitrogens with zero attached hydrogens (tertiary/aromatic N) is 2. The second-order valence-corrected chi connectivity index (χ2v) is 5.54. The first-order valence-corrected chi connectivity index (χ1v) is 8.46. The van der Waals surface area contributed by atoms with Gasteiger partial charge in [-0.05, 0) is 26.0 Å². The molecule has 1 heterocycles. The average molecular weight is 282 g/mol. The highest BCUT2D eigenvalue weighted by Gasteiger charge is 2.09. The van der Waals surface area contributed by atoms with Crippen LogP contribution in [-0.4, -0.2) is 35.1 Å². The minimum absolute atomic E-state index is 0.929. The van der Waals surface area contributed by atoms with E-state index in [0.717, 1.165) is 61.1 Å².